The van der Waals surface area contributed by atoms with Crippen LogP contribution in [0.1, 0.15) is 54.1 Å². The molecule has 0 saturated heterocycles. The van der Waals surface area contributed by atoms with Crippen molar-refractivity contribution in [3.8, 4) is 11.1 Å². The summed E-state index contributed by atoms with van der Waals surface area (Å²) < 4.78 is 0. The van der Waals surface area contributed by atoms with Crippen molar-refractivity contribution in [3.05, 3.63) is 190 Å². The minimum Gasteiger partial charge on any atom is -0.398 e. The molecule has 7 rings (SSSR count). The largest absolute Gasteiger partial charge is 0.398 e. The molecule has 0 unspecified atom stereocenters. The number of rotatable bonds is 6. The molecule has 43 heavy (non-hydrogen) atoms. The monoisotopic (exact) mass is 556 g/mol. The minimum atomic E-state index is -0.841. The van der Waals surface area contributed by atoms with Crippen molar-refractivity contribution in [2.45, 2.75) is 5.41 Å². The first-order valence-electron chi connectivity index (χ1n) is 14.2. The third-order valence-electron chi connectivity index (χ3n) is 8.49. The Hall–Kier alpha value is -5.74. The molecule has 6 aromatic rings. The summed E-state index contributed by atoms with van der Waals surface area (Å²) in [7, 11) is 0. The van der Waals surface area contributed by atoms with Crippen molar-refractivity contribution in [1.82, 2.24) is 0 Å². The molecule has 1 aliphatic carbocycles. The van der Waals surface area contributed by atoms with Gasteiger partial charge in [0, 0.05) is 33.6 Å². The first kappa shape index (κ1) is 26.2. The molecule has 0 aliphatic heterocycles. The zero-order chi connectivity index (χ0) is 29.6. The predicted molar refractivity (Wildman–Crippen MR) is 172 cm³/mol. The number of ketones is 2. The molecule has 0 aromatic heterocycles. The smallest absolute Gasteiger partial charge is 0.195 e. The summed E-state index contributed by atoms with van der Waals surface area (Å²) in [6.45, 7) is 0. The molecule has 0 atom stereocenters. The summed E-state index contributed by atoms with van der Waals surface area (Å²) in [4.78, 5) is 27.5. The quantitative estimate of drug-likeness (QED) is 0.163. The fourth-order valence-corrected chi connectivity index (χ4v) is 6.49. The van der Waals surface area contributed by atoms with E-state index in [4.69, 9.17) is 11.5 Å². The molecular formula is C39H28N2O2. The van der Waals surface area contributed by atoms with E-state index in [1.54, 1.807) is 24.3 Å². The van der Waals surface area contributed by atoms with Crippen LogP contribution in [0.3, 0.4) is 0 Å². The molecule has 4 heteroatoms. The molecule has 0 spiro atoms. The third-order valence-corrected chi connectivity index (χ3v) is 8.49. The Morgan fingerprint density at radius 3 is 1.23 bits per heavy atom. The molecule has 0 heterocycles. The maximum atomic E-state index is 13.8. The number of carbonyl (C=O) groups excluding carboxylic acids is 2. The van der Waals surface area contributed by atoms with Gasteiger partial charge in [-0.1, -0.05) is 121 Å². The number of carbonyl (C=O) groups is 2. The van der Waals surface area contributed by atoms with E-state index in [1.165, 1.54) is 0 Å². The molecular weight excluding hydrogens is 528 g/mol. The lowest BCUT2D eigenvalue weighted by Gasteiger charge is -2.34. The van der Waals surface area contributed by atoms with Crippen LogP contribution in [0.15, 0.2) is 146 Å². The van der Waals surface area contributed by atoms with Crippen molar-refractivity contribution < 1.29 is 9.59 Å². The van der Waals surface area contributed by atoms with Crippen molar-refractivity contribution in [2.75, 3.05) is 11.5 Å². The first-order chi connectivity index (χ1) is 21.0. The third kappa shape index (κ3) is 4.07. The van der Waals surface area contributed by atoms with Crippen molar-refractivity contribution in [1.29, 1.82) is 0 Å². The van der Waals surface area contributed by atoms with Gasteiger partial charge in [0.15, 0.2) is 11.6 Å². The van der Waals surface area contributed by atoms with Crippen LogP contribution in [0.4, 0.5) is 11.4 Å². The summed E-state index contributed by atoms with van der Waals surface area (Å²) in [5.74, 6) is -0.293. The van der Waals surface area contributed by atoms with E-state index < -0.39 is 5.41 Å². The molecule has 4 N–H and O–H groups in total. The SMILES string of the molecule is Nc1ccc(C2(c3ccc(N)c(C(=O)c4ccccc4)c3)c3ccccc3-c3ccccc32)cc1C(=O)c1ccccc1. The fraction of sp³-hybridized carbons (Fsp3) is 0.0256. The Morgan fingerprint density at radius 1 is 0.442 bits per heavy atom. The van der Waals surface area contributed by atoms with Gasteiger partial charge in [0.05, 0.1) is 5.41 Å². The summed E-state index contributed by atoms with van der Waals surface area (Å²) in [5.41, 5.74) is 21.0. The van der Waals surface area contributed by atoms with Crippen LogP contribution in [0.5, 0.6) is 0 Å². The number of nitrogens with two attached hydrogens (primary N) is 2. The van der Waals surface area contributed by atoms with E-state index in [1.807, 2.05) is 97.1 Å². The minimum absolute atomic E-state index is 0.146. The number of anilines is 2. The maximum absolute atomic E-state index is 13.8. The van der Waals surface area contributed by atoms with Crippen LogP contribution >= 0.6 is 0 Å². The van der Waals surface area contributed by atoms with Gasteiger partial charge in [-0.25, -0.2) is 0 Å². The lowest BCUT2D eigenvalue weighted by Crippen LogP contribution is -2.29. The normalized spacial score (nSPS) is 12.7. The van der Waals surface area contributed by atoms with Crippen LogP contribution < -0.4 is 11.5 Å². The molecule has 4 nitrogen and oxygen atoms in total. The Morgan fingerprint density at radius 2 is 0.814 bits per heavy atom. The number of benzene rings is 6. The van der Waals surface area contributed by atoms with E-state index in [-0.39, 0.29) is 11.6 Å². The predicted octanol–water partition coefficient (Wildman–Crippen LogP) is 7.68. The van der Waals surface area contributed by atoms with Crippen molar-refractivity contribution in [2.24, 2.45) is 0 Å². The van der Waals surface area contributed by atoms with Crippen molar-refractivity contribution >= 4 is 22.9 Å². The van der Waals surface area contributed by atoms with Crippen LogP contribution in [0.25, 0.3) is 11.1 Å². The van der Waals surface area contributed by atoms with Gasteiger partial charge in [-0.2, -0.15) is 0 Å². The van der Waals surface area contributed by atoms with Gasteiger partial charge in [0.25, 0.3) is 0 Å². The maximum Gasteiger partial charge on any atom is 0.195 e. The van der Waals surface area contributed by atoms with Crippen LogP contribution in [0.2, 0.25) is 0 Å². The molecule has 1 aliphatic rings. The topological polar surface area (TPSA) is 86.2 Å². The standard InChI is InChI=1S/C39H28N2O2/c40-35-21-19-27(23-31(35)37(42)25-11-3-1-4-12-25)39(33-17-9-7-15-29(33)30-16-8-10-18-34(30)39)28-20-22-36(41)32(24-28)38(43)26-13-5-2-6-14-26/h1-24H,40-41H2. The van der Waals surface area contributed by atoms with Crippen LogP contribution in [-0.2, 0) is 5.41 Å². The highest BCUT2D eigenvalue weighted by atomic mass is 16.1. The number of nitrogen functional groups attached to an aromatic ring is 2. The van der Waals surface area contributed by atoms with Gasteiger partial charge in [0.2, 0.25) is 0 Å². The van der Waals surface area contributed by atoms with Crippen LogP contribution in [0, 0.1) is 0 Å². The first-order valence-corrected chi connectivity index (χ1v) is 14.2. The van der Waals surface area contributed by atoms with Gasteiger partial charge < -0.3 is 11.5 Å². The zero-order valence-electron chi connectivity index (χ0n) is 23.3. The van der Waals surface area contributed by atoms with Gasteiger partial charge in [-0.15, -0.1) is 0 Å². The lowest BCUT2D eigenvalue weighted by molar-refractivity contribution is 0.103. The molecule has 0 radical (unpaired) electrons. The summed E-state index contributed by atoms with van der Waals surface area (Å²) in [6.07, 6.45) is 0. The second-order valence-electron chi connectivity index (χ2n) is 10.8. The van der Waals surface area contributed by atoms with E-state index >= 15 is 0 Å². The average molecular weight is 557 g/mol. The summed E-state index contributed by atoms with van der Waals surface area (Å²) in [5, 5.41) is 0. The Kier molecular flexibility index (Phi) is 6.25. The second kappa shape index (κ2) is 10.3. The highest BCUT2D eigenvalue weighted by molar-refractivity contribution is 6.13. The van der Waals surface area contributed by atoms with E-state index in [9.17, 15) is 9.59 Å². The summed E-state index contributed by atoms with van der Waals surface area (Å²) in [6, 6.07) is 46.4. The lowest BCUT2D eigenvalue weighted by atomic mass is 9.67. The molecule has 0 saturated carbocycles. The average Bonchev–Trinajstić information content (AvgIpc) is 3.36. The highest BCUT2D eigenvalue weighted by Gasteiger charge is 2.46. The Balaban J connectivity index is 1.53. The van der Waals surface area contributed by atoms with Crippen molar-refractivity contribution in [3.63, 3.8) is 0 Å². The fourth-order valence-electron chi connectivity index (χ4n) is 6.49. The van der Waals surface area contributed by atoms with Gasteiger partial charge >= 0.3 is 0 Å². The molecule has 0 fully saturated rings. The highest BCUT2D eigenvalue weighted by Crippen LogP contribution is 2.56. The van der Waals surface area contributed by atoms with E-state index in [2.05, 4.69) is 24.3 Å². The summed E-state index contributed by atoms with van der Waals surface area (Å²) >= 11 is 0. The molecule has 206 valence electrons. The number of fused-ring (bicyclic) bond motifs is 3. The van der Waals surface area contributed by atoms with Crippen LogP contribution in [-0.4, -0.2) is 11.6 Å². The Bertz CT molecular complexity index is 1880. The van der Waals surface area contributed by atoms with E-state index in [0.29, 0.717) is 33.6 Å². The number of hydrogen-bond acceptors (Lipinski definition) is 4. The Labute approximate surface area is 250 Å². The van der Waals surface area contributed by atoms with E-state index in [0.717, 1.165) is 33.4 Å². The zero-order valence-corrected chi connectivity index (χ0v) is 23.3. The van der Waals surface area contributed by atoms with Gasteiger partial charge in [-0.05, 0) is 57.6 Å². The van der Waals surface area contributed by atoms with Gasteiger partial charge in [-0.3, -0.25) is 9.59 Å². The molecule has 0 amide bonds. The molecule has 6 aromatic carbocycles. The number of hydrogen-bond donors (Lipinski definition) is 2. The second-order valence-corrected chi connectivity index (χ2v) is 10.8. The van der Waals surface area contributed by atoms with Gasteiger partial charge in [0.1, 0.15) is 0 Å². The molecule has 0 bridgehead atoms.